The molecule has 0 fully saturated rings. The molecular formula is C34H43N5O9. The molecule has 0 saturated carbocycles. The number of hydrogen-bond acceptors (Lipinski definition) is 8. The summed E-state index contributed by atoms with van der Waals surface area (Å²) in [5.74, 6) is -3.09. The van der Waals surface area contributed by atoms with E-state index >= 15 is 0 Å². The number of Topliss-reactive ketones (excluding diaryl/α,β-unsaturated/α-hetero) is 1. The van der Waals surface area contributed by atoms with Gasteiger partial charge < -0.3 is 40.8 Å². The van der Waals surface area contributed by atoms with E-state index in [9.17, 15) is 29.1 Å². The van der Waals surface area contributed by atoms with Crippen molar-refractivity contribution >= 4 is 35.9 Å². The summed E-state index contributed by atoms with van der Waals surface area (Å²) in [7, 11) is 0. The van der Waals surface area contributed by atoms with E-state index in [2.05, 4.69) is 45.0 Å². The minimum absolute atomic E-state index is 0.0127. The Bertz CT molecular complexity index is 1430. The number of ketones is 1. The quantitative estimate of drug-likeness (QED) is 0.0668. The second kappa shape index (κ2) is 19.7. The molecule has 48 heavy (non-hydrogen) atoms. The van der Waals surface area contributed by atoms with Gasteiger partial charge in [-0.2, -0.15) is 4.79 Å². The SMILES string of the molecule is CC(C)C[C@H](NC(=O)CCOCCOCCNC(=O)OCC1c2ccccc2-c2ccccc21)C(=O)N[C@@H](CCC(=O)C=[N+]=[N-])C(=O)O. The molecule has 4 N–H and O–H groups in total. The highest BCUT2D eigenvalue weighted by Gasteiger charge is 2.29. The number of carboxylic acid groups (broad SMARTS) is 1. The molecule has 258 valence electrons. The number of amides is 3. The van der Waals surface area contributed by atoms with E-state index in [1.54, 1.807) is 0 Å². The van der Waals surface area contributed by atoms with E-state index in [4.69, 9.17) is 19.7 Å². The maximum Gasteiger partial charge on any atom is 0.407 e. The van der Waals surface area contributed by atoms with Gasteiger partial charge in [0.25, 0.3) is 0 Å². The van der Waals surface area contributed by atoms with Crippen LogP contribution in [-0.4, -0.2) is 97.4 Å². The number of aliphatic carboxylic acids is 1. The molecule has 3 amide bonds. The molecule has 0 spiro atoms. The molecule has 1 aliphatic rings. The second-order valence-electron chi connectivity index (χ2n) is 11.6. The first-order chi connectivity index (χ1) is 23.1. The van der Waals surface area contributed by atoms with Crippen molar-refractivity contribution in [2.75, 3.05) is 39.6 Å². The van der Waals surface area contributed by atoms with Crippen LogP contribution < -0.4 is 16.0 Å². The lowest BCUT2D eigenvalue weighted by molar-refractivity contribution is -0.142. The molecule has 0 saturated heterocycles. The Labute approximate surface area is 279 Å². The average Bonchev–Trinajstić information content (AvgIpc) is 3.37. The van der Waals surface area contributed by atoms with Crippen LogP contribution in [0.25, 0.3) is 16.7 Å². The van der Waals surface area contributed by atoms with E-state index in [1.807, 2.05) is 38.1 Å². The minimum Gasteiger partial charge on any atom is -0.480 e. The van der Waals surface area contributed by atoms with Crippen LogP contribution in [0, 0.1) is 5.92 Å². The smallest absolute Gasteiger partial charge is 0.407 e. The predicted octanol–water partition coefficient (Wildman–Crippen LogP) is 2.70. The molecule has 0 heterocycles. The van der Waals surface area contributed by atoms with Gasteiger partial charge in [-0.1, -0.05) is 62.4 Å². The molecule has 0 bridgehead atoms. The molecule has 2 atom stereocenters. The molecule has 14 nitrogen and oxygen atoms in total. The maximum absolute atomic E-state index is 12.8. The summed E-state index contributed by atoms with van der Waals surface area (Å²) >= 11 is 0. The number of fused-ring (bicyclic) bond motifs is 3. The zero-order valence-corrected chi connectivity index (χ0v) is 27.2. The van der Waals surface area contributed by atoms with Gasteiger partial charge in [0.05, 0.1) is 26.4 Å². The lowest BCUT2D eigenvalue weighted by Crippen LogP contribution is -2.52. The van der Waals surface area contributed by atoms with Crippen LogP contribution in [0.2, 0.25) is 0 Å². The Kier molecular flexibility index (Phi) is 15.4. The molecule has 0 aliphatic heterocycles. The summed E-state index contributed by atoms with van der Waals surface area (Å²) in [5.41, 5.74) is 13.0. The highest BCUT2D eigenvalue weighted by Crippen LogP contribution is 2.44. The zero-order chi connectivity index (χ0) is 34.9. The fourth-order valence-corrected chi connectivity index (χ4v) is 5.28. The van der Waals surface area contributed by atoms with Gasteiger partial charge in [-0.15, -0.1) is 0 Å². The van der Waals surface area contributed by atoms with Crippen LogP contribution in [0.1, 0.15) is 56.6 Å². The Hall–Kier alpha value is -4.91. The van der Waals surface area contributed by atoms with Crippen LogP contribution in [0.15, 0.2) is 48.5 Å². The van der Waals surface area contributed by atoms with Crippen molar-refractivity contribution in [3.05, 3.63) is 65.2 Å². The summed E-state index contributed by atoms with van der Waals surface area (Å²) in [6.07, 6.45) is -0.118. The maximum atomic E-state index is 12.8. The Morgan fingerprint density at radius 3 is 2.10 bits per heavy atom. The molecule has 2 aromatic carbocycles. The lowest BCUT2D eigenvalue weighted by Gasteiger charge is -2.22. The summed E-state index contributed by atoms with van der Waals surface area (Å²) in [5, 5.41) is 17.1. The average molecular weight is 666 g/mol. The van der Waals surface area contributed by atoms with Crippen molar-refractivity contribution in [1.82, 2.24) is 16.0 Å². The van der Waals surface area contributed by atoms with Gasteiger partial charge in [-0.25, -0.2) is 9.59 Å². The van der Waals surface area contributed by atoms with Gasteiger partial charge in [0.1, 0.15) is 18.7 Å². The number of rotatable bonds is 21. The Morgan fingerprint density at radius 2 is 1.50 bits per heavy atom. The summed E-state index contributed by atoms with van der Waals surface area (Å²) < 4.78 is 16.4. The number of alkyl carbamates (subject to hydrolysis) is 1. The first-order valence-electron chi connectivity index (χ1n) is 15.9. The number of carboxylic acids is 1. The summed E-state index contributed by atoms with van der Waals surface area (Å²) in [6.45, 7) is 4.90. The third-order valence-electron chi connectivity index (χ3n) is 7.56. The summed E-state index contributed by atoms with van der Waals surface area (Å²) in [6, 6.07) is 13.9. The van der Waals surface area contributed by atoms with Crippen molar-refractivity contribution in [1.29, 1.82) is 0 Å². The van der Waals surface area contributed by atoms with E-state index < -0.39 is 41.7 Å². The van der Waals surface area contributed by atoms with Gasteiger partial charge in [-0.3, -0.25) is 14.4 Å². The minimum atomic E-state index is -1.36. The number of carbonyl (C=O) groups is 5. The standard InChI is InChI=1S/C34H43N5O9/c1-22(2)19-30(32(42)39-29(33(43)44)12-11-23(40)20-37-35)38-31(41)13-15-46-17-18-47-16-14-36-34(45)48-21-28-26-9-5-3-7-24(26)25-8-4-6-10-27(25)28/h3-10,20,22,28-30H,11-19,21H2,1-2H3,(H,36,45)(H,38,41)(H,39,42)(H,43,44)/t29-,30-/m0/s1. The van der Waals surface area contributed by atoms with Gasteiger partial charge in [0, 0.05) is 25.3 Å². The highest BCUT2D eigenvalue weighted by atomic mass is 16.6. The largest absolute Gasteiger partial charge is 0.480 e. The van der Waals surface area contributed by atoms with Crippen LogP contribution in [0.5, 0.6) is 0 Å². The number of benzene rings is 2. The van der Waals surface area contributed by atoms with Gasteiger partial charge in [0.2, 0.25) is 17.6 Å². The van der Waals surface area contributed by atoms with E-state index in [0.717, 1.165) is 22.3 Å². The van der Waals surface area contributed by atoms with Crippen LogP contribution in [0.4, 0.5) is 4.79 Å². The van der Waals surface area contributed by atoms with E-state index in [-0.39, 0.29) is 77.1 Å². The molecule has 14 heteroatoms. The molecule has 2 aromatic rings. The van der Waals surface area contributed by atoms with Crippen molar-refractivity contribution < 1.29 is 48.1 Å². The normalized spacial score (nSPS) is 13.0. The molecule has 0 aromatic heterocycles. The monoisotopic (exact) mass is 665 g/mol. The van der Waals surface area contributed by atoms with Crippen LogP contribution >= 0.6 is 0 Å². The van der Waals surface area contributed by atoms with Crippen molar-refractivity contribution in [3.63, 3.8) is 0 Å². The molecule has 3 rings (SSSR count). The van der Waals surface area contributed by atoms with Crippen molar-refractivity contribution in [2.45, 2.75) is 57.5 Å². The molecule has 0 radical (unpaired) electrons. The molecule has 0 unspecified atom stereocenters. The first-order valence-corrected chi connectivity index (χ1v) is 15.9. The number of hydrogen-bond donors (Lipinski definition) is 4. The predicted molar refractivity (Wildman–Crippen MR) is 174 cm³/mol. The lowest BCUT2D eigenvalue weighted by atomic mass is 9.98. The van der Waals surface area contributed by atoms with Gasteiger partial charge in [-0.05, 0) is 41.0 Å². The van der Waals surface area contributed by atoms with Crippen molar-refractivity contribution in [3.8, 4) is 11.1 Å². The third-order valence-corrected chi connectivity index (χ3v) is 7.56. The van der Waals surface area contributed by atoms with E-state index in [0.29, 0.717) is 6.21 Å². The highest BCUT2D eigenvalue weighted by molar-refractivity contribution is 6.25. The fraction of sp³-hybridized carbons (Fsp3) is 0.471. The third kappa shape index (κ3) is 12.0. The summed E-state index contributed by atoms with van der Waals surface area (Å²) in [4.78, 5) is 63.3. The van der Waals surface area contributed by atoms with Crippen molar-refractivity contribution in [2.24, 2.45) is 5.92 Å². The number of ether oxygens (including phenoxy) is 3. The van der Waals surface area contributed by atoms with Gasteiger partial charge in [0.15, 0.2) is 0 Å². The topological polar surface area (TPSA) is 206 Å². The Balaban J connectivity index is 1.28. The van der Waals surface area contributed by atoms with Crippen LogP contribution in [-0.2, 0) is 33.4 Å². The van der Waals surface area contributed by atoms with Crippen LogP contribution in [0.3, 0.4) is 0 Å². The van der Waals surface area contributed by atoms with E-state index in [1.165, 1.54) is 0 Å². The second-order valence-corrected chi connectivity index (χ2v) is 11.6. The first kappa shape index (κ1) is 37.5. The molecular weight excluding hydrogens is 622 g/mol. The molecule has 1 aliphatic carbocycles. The number of carbonyl (C=O) groups excluding carboxylic acids is 4. The number of nitrogens with zero attached hydrogens (tertiary/aromatic N) is 2. The zero-order valence-electron chi connectivity index (χ0n) is 27.2. The van der Waals surface area contributed by atoms with Gasteiger partial charge >= 0.3 is 18.3 Å². The fourth-order valence-electron chi connectivity index (χ4n) is 5.28. The number of nitrogens with one attached hydrogen (secondary N) is 3. The Morgan fingerprint density at radius 1 is 0.875 bits per heavy atom.